The van der Waals surface area contributed by atoms with Crippen LogP contribution in [0.1, 0.15) is 33.9 Å². The number of fused-ring (bicyclic) bond motifs is 1. The molecule has 0 aliphatic carbocycles. The summed E-state index contributed by atoms with van der Waals surface area (Å²) in [6.07, 6.45) is 0.503. The van der Waals surface area contributed by atoms with Crippen LogP contribution in [0.5, 0.6) is 17.2 Å². The number of esters is 1. The molecule has 1 aliphatic heterocycles. The summed E-state index contributed by atoms with van der Waals surface area (Å²) in [6, 6.07) is 8.47. The van der Waals surface area contributed by atoms with E-state index < -0.39 is 18.6 Å². The van der Waals surface area contributed by atoms with E-state index in [1.165, 1.54) is 45.6 Å². The maximum Gasteiger partial charge on any atom is 0.387 e. The smallest absolute Gasteiger partial charge is 0.387 e. The lowest BCUT2D eigenvalue weighted by molar-refractivity contribution is -0.141. The van der Waals surface area contributed by atoms with Crippen LogP contribution < -0.4 is 14.2 Å². The quantitative estimate of drug-likeness (QED) is 0.619. The first-order chi connectivity index (χ1) is 14.9. The topological polar surface area (TPSA) is 74.3 Å². The highest BCUT2D eigenvalue weighted by molar-refractivity contribution is 5.95. The summed E-state index contributed by atoms with van der Waals surface area (Å²) in [5.74, 6) is 0.203. The number of halogens is 2. The van der Waals surface area contributed by atoms with Gasteiger partial charge in [0.15, 0.2) is 11.5 Å². The van der Waals surface area contributed by atoms with Crippen molar-refractivity contribution in [3.05, 3.63) is 53.1 Å². The molecule has 0 spiro atoms. The highest BCUT2D eigenvalue weighted by Gasteiger charge is 2.34. The minimum Gasteiger partial charge on any atom is -0.493 e. The standard InChI is InChI=1S/C22H23F2NO6/c1-28-18-10-14-8-9-25(17(12-20(26)30-3)16(14)11-19(18)29-2)21(27)13-4-6-15(7-5-13)31-22(23)24/h4-7,10-11,17,22H,8-9,12H2,1-3H3/t17-/m1/s1. The van der Waals surface area contributed by atoms with Crippen molar-refractivity contribution < 1.29 is 37.3 Å². The van der Waals surface area contributed by atoms with Gasteiger partial charge in [0.05, 0.1) is 33.8 Å². The van der Waals surface area contributed by atoms with E-state index in [0.717, 1.165) is 11.1 Å². The summed E-state index contributed by atoms with van der Waals surface area (Å²) in [5, 5.41) is 0. The number of ether oxygens (including phenoxy) is 4. The average molecular weight is 435 g/mol. The van der Waals surface area contributed by atoms with Crippen molar-refractivity contribution in [1.29, 1.82) is 0 Å². The van der Waals surface area contributed by atoms with Crippen LogP contribution in [0, 0.1) is 0 Å². The molecular formula is C22H23F2NO6. The minimum absolute atomic E-state index is 0.0431. The number of benzene rings is 2. The number of carbonyl (C=O) groups is 2. The number of hydrogen-bond donors (Lipinski definition) is 0. The Labute approximate surface area is 178 Å². The molecule has 1 amide bonds. The molecule has 0 aromatic heterocycles. The molecular weight excluding hydrogens is 412 g/mol. The van der Waals surface area contributed by atoms with E-state index in [-0.39, 0.29) is 18.1 Å². The first-order valence-electron chi connectivity index (χ1n) is 9.55. The van der Waals surface area contributed by atoms with Crippen LogP contribution in [0.25, 0.3) is 0 Å². The largest absolute Gasteiger partial charge is 0.493 e. The van der Waals surface area contributed by atoms with Crippen molar-refractivity contribution >= 4 is 11.9 Å². The van der Waals surface area contributed by atoms with Crippen LogP contribution in [-0.4, -0.2) is 51.3 Å². The van der Waals surface area contributed by atoms with E-state index in [0.29, 0.717) is 30.0 Å². The molecule has 2 aromatic carbocycles. The molecule has 166 valence electrons. The van der Waals surface area contributed by atoms with E-state index in [9.17, 15) is 18.4 Å². The van der Waals surface area contributed by atoms with E-state index in [2.05, 4.69) is 4.74 Å². The summed E-state index contributed by atoms with van der Waals surface area (Å²) < 4.78 is 44.7. The molecule has 3 rings (SSSR count). The van der Waals surface area contributed by atoms with Gasteiger partial charge in [-0.15, -0.1) is 0 Å². The zero-order valence-corrected chi connectivity index (χ0v) is 17.4. The lowest BCUT2D eigenvalue weighted by Crippen LogP contribution is -2.41. The molecule has 0 saturated heterocycles. The van der Waals surface area contributed by atoms with Crippen molar-refractivity contribution in [3.8, 4) is 17.2 Å². The van der Waals surface area contributed by atoms with Crippen LogP contribution in [0.2, 0.25) is 0 Å². The Hall–Kier alpha value is -3.36. The van der Waals surface area contributed by atoms with Gasteiger partial charge in [-0.3, -0.25) is 9.59 Å². The number of amides is 1. The second-order valence-electron chi connectivity index (χ2n) is 6.85. The molecule has 0 fully saturated rings. The fraction of sp³-hybridized carbons (Fsp3) is 0.364. The van der Waals surface area contributed by atoms with Gasteiger partial charge >= 0.3 is 12.6 Å². The second kappa shape index (κ2) is 9.63. The minimum atomic E-state index is -2.95. The summed E-state index contributed by atoms with van der Waals surface area (Å²) in [7, 11) is 4.33. The Bertz CT molecular complexity index is 948. The van der Waals surface area contributed by atoms with Gasteiger partial charge in [-0.05, 0) is 53.9 Å². The van der Waals surface area contributed by atoms with E-state index >= 15 is 0 Å². The van der Waals surface area contributed by atoms with Gasteiger partial charge in [0.25, 0.3) is 5.91 Å². The Balaban J connectivity index is 1.95. The third-order valence-electron chi connectivity index (χ3n) is 5.18. The first-order valence-corrected chi connectivity index (χ1v) is 9.55. The van der Waals surface area contributed by atoms with E-state index in [1.807, 2.05) is 6.07 Å². The van der Waals surface area contributed by atoms with E-state index in [4.69, 9.17) is 14.2 Å². The molecule has 0 radical (unpaired) electrons. The molecule has 31 heavy (non-hydrogen) atoms. The number of rotatable bonds is 7. The molecule has 2 aromatic rings. The third-order valence-corrected chi connectivity index (χ3v) is 5.18. The average Bonchev–Trinajstić information content (AvgIpc) is 2.77. The summed E-state index contributed by atoms with van der Waals surface area (Å²) in [5.41, 5.74) is 2.00. The van der Waals surface area contributed by atoms with Gasteiger partial charge in [0, 0.05) is 12.1 Å². The van der Waals surface area contributed by atoms with Crippen LogP contribution >= 0.6 is 0 Å². The van der Waals surface area contributed by atoms with Gasteiger partial charge in [-0.2, -0.15) is 8.78 Å². The van der Waals surface area contributed by atoms with Crippen LogP contribution in [0.4, 0.5) is 8.78 Å². The summed E-state index contributed by atoms with van der Waals surface area (Å²) in [4.78, 5) is 26.9. The van der Waals surface area contributed by atoms with Gasteiger partial charge in [0.2, 0.25) is 0 Å². The lowest BCUT2D eigenvalue weighted by Gasteiger charge is -2.37. The fourth-order valence-electron chi connectivity index (χ4n) is 3.68. The lowest BCUT2D eigenvalue weighted by atomic mass is 9.89. The zero-order chi connectivity index (χ0) is 22.5. The van der Waals surface area contributed by atoms with Gasteiger partial charge in [-0.1, -0.05) is 0 Å². The van der Waals surface area contributed by atoms with Crippen molar-refractivity contribution in [1.82, 2.24) is 4.90 Å². The van der Waals surface area contributed by atoms with Gasteiger partial charge in [0.1, 0.15) is 5.75 Å². The van der Waals surface area contributed by atoms with Crippen molar-refractivity contribution in [2.75, 3.05) is 27.9 Å². The maximum atomic E-state index is 13.2. The van der Waals surface area contributed by atoms with Crippen LogP contribution in [0.3, 0.4) is 0 Å². The normalized spacial score (nSPS) is 15.3. The molecule has 1 heterocycles. The SMILES string of the molecule is COC(=O)C[C@@H]1c2cc(OC)c(OC)cc2CCN1C(=O)c1ccc(OC(F)F)cc1. The second-order valence-corrected chi connectivity index (χ2v) is 6.85. The predicted octanol–water partition coefficient (Wildman–Crippen LogP) is 3.61. The number of alkyl halides is 2. The Morgan fingerprint density at radius 1 is 1.06 bits per heavy atom. The number of carbonyl (C=O) groups excluding carboxylic acids is 2. The van der Waals surface area contributed by atoms with Crippen molar-refractivity contribution in [2.45, 2.75) is 25.5 Å². The highest BCUT2D eigenvalue weighted by Crippen LogP contribution is 2.40. The summed E-state index contributed by atoms with van der Waals surface area (Å²) >= 11 is 0. The maximum absolute atomic E-state index is 13.2. The monoisotopic (exact) mass is 435 g/mol. The molecule has 0 N–H and O–H groups in total. The van der Waals surface area contributed by atoms with Crippen LogP contribution in [-0.2, 0) is 16.0 Å². The molecule has 1 aliphatic rings. The number of methoxy groups -OCH3 is 3. The third kappa shape index (κ3) is 4.87. The Morgan fingerprint density at radius 3 is 2.29 bits per heavy atom. The number of nitrogens with zero attached hydrogens (tertiary/aromatic N) is 1. The molecule has 0 saturated carbocycles. The summed E-state index contributed by atoms with van der Waals surface area (Å²) in [6.45, 7) is -2.59. The Kier molecular flexibility index (Phi) is 6.94. The Morgan fingerprint density at radius 2 is 1.71 bits per heavy atom. The molecule has 1 atom stereocenters. The highest BCUT2D eigenvalue weighted by atomic mass is 19.3. The van der Waals surface area contributed by atoms with Gasteiger partial charge in [-0.25, -0.2) is 0 Å². The van der Waals surface area contributed by atoms with Crippen molar-refractivity contribution in [3.63, 3.8) is 0 Å². The molecule has 0 unspecified atom stereocenters. The van der Waals surface area contributed by atoms with Crippen LogP contribution in [0.15, 0.2) is 36.4 Å². The fourth-order valence-corrected chi connectivity index (χ4v) is 3.68. The first kappa shape index (κ1) is 22.3. The predicted molar refractivity (Wildman–Crippen MR) is 107 cm³/mol. The number of hydrogen-bond acceptors (Lipinski definition) is 6. The zero-order valence-electron chi connectivity index (χ0n) is 17.4. The molecule has 0 bridgehead atoms. The molecule has 7 nitrogen and oxygen atoms in total. The van der Waals surface area contributed by atoms with Crippen molar-refractivity contribution in [2.24, 2.45) is 0 Å². The van der Waals surface area contributed by atoms with Gasteiger partial charge < -0.3 is 23.8 Å². The molecule has 9 heteroatoms. The van der Waals surface area contributed by atoms with E-state index in [1.54, 1.807) is 11.0 Å².